The first-order valence-electron chi connectivity index (χ1n) is 4.96. The van der Waals surface area contributed by atoms with E-state index in [0.29, 0.717) is 5.56 Å². The van der Waals surface area contributed by atoms with Crippen LogP contribution in [-0.4, -0.2) is 35.9 Å². The van der Waals surface area contributed by atoms with Gasteiger partial charge in [0.15, 0.2) is 0 Å². The number of hydrogen-bond acceptors (Lipinski definition) is 3. The van der Waals surface area contributed by atoms with Crippen LogP contribution in [-0.2, 0) is 0 Å². The molecule has 0 saturated carbocycles. The molecule has 1 aromatic rings. The topological polar surface area (TPSA) is 45.2 Å². The second kappa shape index (κ2) is 4.77. The lowest BCUT2D eigenvalue weighted by Gasteiger charge is -2.22. The molecule has 82 valence electrons. The van der Waals surface area contributed by atoms with Gasteiger partial charge in [0.2, 0.25) is 0 Å². The molecule has 1 amide bonds. The summed E-state index contributed by atoms with van der Waals surface area (Å²) in [6.45, 7) is 3.96. The third kappa shape index (κ3) is 2.46. The smallest absolute Gasteiger partial charge is 0.257 e. The van der Waals surface area contributed by atoms with Crippen LogP contribution < -0.4 is 5.32 Å². The number of carbonyl (C=O) groups excluding carboxylic acids is 1. The van der Waals surface area contributed by atoms with Crippen LogP contribution >= 0.6 is 0 Å². The van der Waals surface area contributed by atoms with Crippen LogP contribution in [0.2, 0.25) is 0 Å². The molecule has 1 N–H and O–H groups in total. The number of nitrogens with zero attached hydrogens (tertiary/aromatic N) is 2. The molecule has 0 aromatic carbocycles. The van der Waals surface area contributed by atoms with Crippen molar-refractivity contribution in [3.63, 3.8) is 0 Å². The highest BCUT2D eigenvalue weighted by Gasteiger charge is 2.17. The molecule has 0 aliphatic heterocycles. The van der Waals surface area contributed by atoms with Crippen LogP contribution in [0.4, 0.5) is 5.69 Å². The monoisotopic (exact) mass is 207 g/mol. The first kappa shape index (κ1) is 11.5. The fourth-order valence-electron chi connectivity index (χ4n) is 1.21. The number of aromatic nitrogens is 1. The van der Waals surface area contributed by atoms with E-state index >= 15 is 0 Å². The van der Waals surface area contributed by atoms with E-state index in [2.05, 4.69) is 10.3 Å². The molecular weight excluding hydrogens is 190 g/mol. The number of hydrogen-bond donors (Lipinski definition) is 1. The van der Waals surface area contributed by atoms with E-state index < -0.39 is 0 Å². The Bertz CT molecular complexity index is 349. The van der Waals surface area contributed by atoms with E-state index in [1.807, 2.05) is 13.8 Å². The van der Waals surface area contributed by atoms with Gasteiger partial charge in [-0.3, -0.25) is 9.78 Å². The van der Waals surface area contributed by atoms with Gasteiger partial charge in [0, 0.05) is 38.2 Å². The molecule has 0 spiro atoms. The summed E-state index contributed by atoms with van der Waals surface area (Å²) < 4.78 is 0. The van der Waals surface area contributed by atoms with Gasteiger partial charge < -0.3 is 10.2 Å². The van der Waals surface area contributed by atoms with Crippen molar-refractivity contribution in [1.82, 2.24) is 9.88 Å². The summed E-state index contributed by atoms with van der Waals surface area (Å²) >= 11 is 0. The Labute approximate surface area is 90.3 Å². The van der Waals surface area contributed by atoms with Crippen molar-refractivity contribution in [3.05, 3.63) is 24.0 Å². The largest absolute Gasteiger partial charge is 0.387 e. The molecule has 0 atom stereocenters. The molecule has 0 aliphatic carbocycles. The second-order valence-corrected chi connectivity index (χ2v) is 3.68. The summed E-state index contributed by atoms with van der Waals surface area (Å²) in [7, 11) is 3.58. The normalized spacial score (nSPS) is 10.2. The number of anilines is 1. The van der Waals surface area contributed by atoms with Gasteiger partial charge in [-0.25, -0.2) is 0 Å². The second-order valence-electron chi connectivity index (χ2n) is 3.68. The Kier molecular flexibility index (Phi) is 3.66. The molecule has 0 unspecified atom stereocenters. The Balaban J connectivity index is 3.00. The summed E-state index contributed by atoms with van der Waals surface area (Å²) in [5.41, 5.74) is 1.42. The lowest BCUT2D eigenvalue weighted by Crippen LogP contribution is -2.33. The predicted molar refractivity (Wildman–Crippen MR) is 61.0 cm³/mol. The van der Waals surface area contributed by atoms with Crippen molar-refractivity contribution in [3.8, 4) is 0 Å². The number of rotatable bonds is 3. The minimum Gasteiger partial charge on any atom is -0.387 e. The number of nitrogens with one attached hydrogen (secondary N) is 1. The van der Waals surface area contributed by atoms with E-state index in [9.17, 15) is 4.79 Å². The molecule has 1 aromatic heterocycles. The number of amides is 1. The lowest BCUT2D eigenvalue weighted by atomic mass is 10.2. The highest BCUT2D eigenvalue weighted by atomic mass is 16.2. The highest BCUT2D eigenvalue weighted by molar-refractivity contribution is 5.99. The van der Waals surface area contributed by atoms with Crippen LogP contribution in [0, 0.1) is 0 Å². The molecule has 0 radical (unpaired) electrons. The fraction of sp³-hybridized carbons (Fsp3) is 0.455. The van der Waals surface area contributed by atoms with Crippen LogP contribution in [0.1, 0.15) is 24.2 Å². The zero-order valence-electron chi connectivity index (χ0n) is 9.61. The van der Waals surface area contributed by atoms with E-state index in [4.69, 9.17) is 0 Å². The Morgan fingerprint density at radius 2 is 2.20 bits per heavy atom. The van der Waals surface area contributed by atoms with Crippen molar-refractivity contribution in [2.24, 2.45) is 0 Å². The molecule has 15 heavy (non-hydrogen) atoms. The van der Waals surface area contributed by atoms with Crippen LogP contribution in [0.25, 0.3) is 0 Å². The summed E-state index contributed by atoms with van der Waals surface area (Å²) in [6.07, 6.45) is 3.25. The molecular formula is C11H17N3O. The maximum Gasteiger partial charge on any atom is 0.257 e. The van der Waals surface area contributed by atoms with Crippen molar-refractivity contribution in [2.75, 3.05) is 19.4 Å². The average molecular weight is 207 g/mol. The zero-order valence-corrected chi connectivity index (χ0v) is 9.61. The number of pyridine rings is 1. The first-order chi connectivity index (χ1) is 7.07. The summed E-state index contributed by atoms with van der Waals surface area (Å²) in [4.78, 5) is 17.7. The third-order valence-electron chi connectivity index (χ3n) is 2.42. The maximum atomic E-state index is 12.0. The van der Waals surface area contributed by atoms with E-state index in [0.717, 1.165) is 5.69 Å². The van der Waals surface area contributed by atoms with E-state index in [-0.39, 0.29) is 11.9 Å². The standard InChI is InChI=1S/C11H17N3O/c1-8(2)14(4)11(15)9-7-13-6-5-10(9)12-3/h5-8H,1-4H3,(H,12,13). The van der Waals surface area contributed by atoms with Crippen molar-refractivity contribution < 1.29 is 4.79 Å². The molecule has 1 heterocycles. The first-order valence-corrected chi connectivity index (χ1v) is 4.96. The van der Waals surface area contributed by atoms with Gasteiger partial charge in [-0.05, 0) is 19.9 Å². The lowest BCUT2D eigenvalue weighted by molar-refractivity contribution is 0.0755. The van der Waals surface area contributed by atoms with Crippen molar-refractivity contribution in [1.29, 1.82) is 0 Å². The molecule has 4 nitrogen and oxygen atoms in total. The molecule has 0 saturated heterocycles. The Morgan fingerprint density at radius 3 is 2.73 bits per heavy atom. The SMILES string of the molecule is CNc1ccncc1C(=O)N(C)C(C)C. The van der Waals surface area contributed by atoms with Crippen molar-refractivity contribution in [2.45, 2.75) is 19.9 Å². The Hall–Kier alpha value is -1.58. The summed E-state index contributed by atoms with van der Waals surface area (Å²) in [6, 6.07) is 1.98. The Morgan fingerprint density at radius 1 is 1.53 bits per heavy atom. The van der Waals surface area contributed by atoms with E-state index in [1.54, 1.807) is 37.5 Å². The van der Waals surface area contributed by atoms with Gasteiger partial charge in [-0.2, -0.15) is 0 Å². The summed E-state index contributed by atoms with van der Waals surface area (Å²) in [5.74, 6) is -0.0116. The summed E-state index contributed by atoms with van der Waals surface area (Å²) in [5, 5.41) is 2.98. The minimum atomic E-state index is -0.0116. The highest BCUT2D eigenvalue weighted by Crippen LogP contribution is 2.15. The van der Waals surface area contributed by atoms with Gasteiger partial charge in [-0.1, -0.05) is 0 Å². The average Bonchev–Trinajstić information content (AvgIpc) is 2.26. The molecule has 0 aliphatic rings. The molecule has 0 bridgehead atoms. The molecule has 4 heteroatoms. The molecule has 0 fully saturated rings. The van der Waals surface area contributed by atoms with Gasteiger partial charge in [-0.15, -0.1) is 0 Å². The van der Waals surface area contributed by atoms with Crippen LogP contribution in [0.15, 0.2) is 18.5 Å². The van der Waals surface area contributed by atoms with Gasteiger partial charge in [0.25, 0.3) is 5.91 Å². The van der Waals surface area contributed by atoms with E-state index in [1.165, 1.54) is 0 Å². The molecule has 1 rings (SSSR count). The van der Waals surface area contributed by atoms with Crippen molar-refractivity contribution >= 4 is 11.6 Å². The van der Waals surface area contributed by atoms with Crippen LogP contribution in [0.5, 0.6) is 0 Å². The predicted octanol–water partition coefficient (Wildman–Crippen LogP) is 1.60. The van der Waals surface area contributed by atoms with Gasteiger partial charge in [0.1, 0.15) is 0 Å². The third-order valence-corrected chi connectivity index (χ3v) is 2.42. The zero-order chi connectivity index (χ0) is 11.4. The number of carbonyl (C=O) groups is 1. The quantitative estimate of drug-likeness (QED) is 0.819. The van der Waals surface area contributed by atoms with Crippen LogP contribution in [0.3, 0.4) is 0 Å². The minimum absolute atomic E-state index is 0.0116. The fourth-order valence-corrected chi connectivity index (χ4v) is 1.21. The maximum absolute atomic E-state index is 12.0. The van der Waals surface area contributed by atoms with Gasteiger partial charge >= 0.3 is 0 Å². The van der Waals surface area contributed by atoms with Gasteiger partial charge in [0.05, 0.1) is 5.56 Å².